The fourth-order valence-corrected chi connectivity index (χ4v) is 3.21. The number of nitrogens with one attached hydrogen (secondary N) is 1. The Morgan fingerprint density at radius 2 is 2.29 bits per heavy atom. The van der Waals surface area contributed by atoms with E-state index in [0.717, 1.165) is 5.25 Å². The molecule has 0 heterocycles. The summed E-state index contributed by atoms with van der Waals surface area (Å²) in [6.45, 7) is 0.592. The van der Waals surface area contributed by atoms with E-state index in [9.17, 15) is 4.39 Å². The van der Waals surface area contributed by atoms with Gasteiger partial charge in [-0.25, -0.2) is 4.39 Å². The molecule has 1 aliphatic carbocycles. The first kappa shape index (κ1) is 13.2. The Morgan fingerprint density at radius 3 is 2.94 bits per heavy atom. The predicted octanol–water partition coefficient (Wildman–Crippen LogP) is 3.85. The van der Waals surface area contributed by atoms with Crippen LogP contribution in [0.4, 0.5) is 4.39 Å². The molecule has 1 aromatic carbocycles. The fraction of sp³-hybridized carbons (Fsp3) is 0.538. The van der Waals surface area contributed by atoms with Gasteiger partial charge < -0.3 is 5.32 Å². The van der Waals surface area contributed by atoms with Gasteiger partial charge in [0.25, 0.3) is 0 Å². The molecule has 1 nitrogen and oxygen atoms in total. The summed E-state index contributed by atoms with van der Waals surface area (Å²) in [4.78, 5) is 0. The molecule has 0 spiro atoms. The van der Waals surface area contributed by atoms with Crippen LogP contribution in [0.15, 0.2) is 18.2 Å². The Labute approximate surface area is 111 Å². The lowest BCUT2D eigenvalue weighted by atomic mass is 10.2. The lowest BCUT2D eigenvalue weighted by Crippen LogP contribution is -2.26. The highest BCUT2D eigenvalue weighted by Crippen LogP contribution is 2.28. The summed E-state index contributed by atoms with van der Waals surface area (Å²) >= 11 is 7.65. The summed E-state index contributed by atoms with van der Waals surface area (Å²) in [5.41, 5.74) is 0.696. The molecule has 0 aromatic heterocycles. The van der Waals surface area contributed by atoms with Gasteiger partial charge in [0.05, 0.1) is 0 Å². The molecule has 0 bridgehead atoms. The van der Waals surface area contributed by atoms with Crippen LogP contribution in [0.1, 0.15) is 24.8 Å². The molecule has 17 heavy (non-hydrogen) atoms. The van der Waals surface area contributed by atoms with E-state index < -0.39 is 0 Å². The third-order valence-corrected chi connectivity index (χ3v) is 4.64. The Bertz CT molecular complexity index is 386. The van der Waals surface area contributed by atoms with Gasteiger partial charge in [-0.3, -0.25) is 0 Å². The number of hydrogen-bond acceptors (Lipinski definition) is 2. The molecule has 2 rings (SSSR count). The zero-order chi connectivity index (χ0) is 12.3. The maximum atomic E-state index is 13.5. The second-order valence-electron chi connectivity index (χ2n) is 4.48. The zero-order valence-electron chi connectivity index (χ0n) is 9.88. The molecule has 2 unspecified atom stereocenters. The molecular formula is C13H17ClFNS. The van der Waals surface area contributed by atoms with Crippen LogP contribution >= 0.6 is 23.4 Å². The summed E-state index contributed by atoms with van der Waals surface area (Å²) in [5, 5.41) is 4.65. The quantitative estimate of drug-likeness (QED) is 0.894. The van der Waals surface area contributed by atoms with Gasteiger partial charge in [0.1, 0.15) is 5.82 Å². The Morgan fingerprint density at radius 1 is 1.47 bits per heavy atom. The average molecular weight is 274 g/mol. The van der Waals surface area contributed by atoms with E-state index in [-0.39, 0.29) is 5.82 Å². The van der Waals surface area contributed by atoms with E-state index >= 15 is 0 Å². The minimum atomic E-state index is -0.218. The average Bonchev–Trinajstić information content (AvgIpc) is 2.76. The van der Waals surface area contributed by atoms with Crippen molar-refractivity contribution in [2.45, 2.75) is 37.1 Å². The first-order valence-corrected chi connectivity index (χ1v) is 7.55. The molecular weight excluding hydrogens is 257 g/mol. The Hall–Kier alpha value is -0.250. The second-order valence-corrected chi connectivity index (χ2v) is 6.06. The summed E-state index contributed by atoms with van der Waals surface area (Å²) < 4.78 is 13.5. The summed E-state index contributed by atoms with van der Waals surface area (Å²) in [6, 6.07) is 5.40. The number of benzene rings is 1. The van der Waals surface area contributed by atoms with Crippen LogP contribution in [-0.4, -0.2) is 17.5 Å². The number of thioether (sulfide) groups is 1. The summed E-state index contributed by atoms with van der Waals surface area (Å²) in [6.07, 6.45) is 5.81. The zero-order valence-corrected chi connectivity index (χ0v) is 11.5. The van der Waals surface area contributed by atoms with E-state index in [1.165, 1.54) is 25.3 Å². The normalized spacial score (nSPS) is 24.2. The standard InChI is InChI=1S/C13H17ClFNS/c1-17-12-5-4-11(7-12)16-8-9-2-3-10(14)6-13(9)15/h2-3,6,11-12,16H,4-5,7-8H2,1H3. The van der Waals surface area contributed by atoms with Gasteiger partial charge in [0, 0.05) is 28.4 Å². The lowest BCUT2D eigenvalue weighted by Gasteiger charge is -2.13. The molecule has 1 aliphatic rings. The van der Waals surface area contributed by atoms with Crippen molar-refractivity contribution in [3.63, 3.8) is 0 Å². The molecule has 94 valence electrons. The van der Waals surface area contributed by atoms with Gasteiger partial charge in [-0.1, -0.05) is 17.7 Å². The van der Waals surface area contributed by atoms with Crippen molar-refractivity contribution in [1.29, 1.82) is 0 Å². The van der Waals surface area contributed by atoms with Gasteiger partial charge in [0.15, 0.2) is 0 Å². The first-order valence-electron chi connectivity index (χ1n) is 5.89. The number of rotatable bonds is 4. The molecule has 0 amide bonds. The number of hydrogen-bond donors (Lipinski definition) is 1. The molecule has 1 aromatic rings. The fourth-order valence-electron chi connectivity index (χ4n) is 2.26. The monoisotopic (exact) mass is 273 g/mol. The Kier molecular flexibility index (Phi) is 4.71. The highest BCUT2D eigenvalue weighted by molar-refractivity contribution is 7.99. The van der Waals surface area contributed by atoms with Crippen molar-refractivity contribution in [1.82, 2.24) is 5.32 Å². The van der Waals surface area contributed by atoms with Crippen molar-refractivity contribution >= 4 is 23.4 Å². The topological polar surface area (TPSA) is 12.0 Å². The van der Waals surface area contributed by atoms with E-state index in [2.05, 4.69) is 11.6 Å². The first-order chi connectivity index (χ1) is 8.19. The van der Waals surface area contributed by atoms with E-state index in [1.54, 1.807) is 12.1 Å². The highest BCUT2D eigenvalue weighted by Gasteiger charge is 2.23. The summed E-state index contributed by atoms with van der Waals surface area (Å²) in [5.74, 6) is -0.218. The van der Waals surface area contributed by atoms with Crippen molar-refractivity contribution < 1.29 is 4.39 Å². The molecule has 1 N–H and O–H groups in total. The molecule has 0 radical (unpaired) electrons. The van der Waals surface area contributed by atoms with Gasteiger partial charge in [-0.2, -0.15) is 11.8 Å². The smallest absolute Gasteiger partial charge is 0.129 e. The number of halogens is 2. The maximum absolute atomic E-state index is 13.5. The van der Waals surface area contributed by atoms with Crippen molar-refractivity contribution in [2.24, 2.45) is 0 Å². The molecule has 0 saturated heterocycles. The third-order valence-electron chi connectivity index (χ3n) is 3.31. The van der Waals surface area contributed by atoms with Crippen LogP contribution in [0.5, 0.6) is 0 Å². The van der Waals surface area contributed by atoms with Crippen LogP contribution in [-0.2, 0) is 6.54 Å². The largest absolute Gasteiger partial charge is 0.310 e. The SMILES string of the molecule is CSC1CCC(NCc2ccc(Cl)cc2F)C1. The van der Waals surface area contributed by atoms with Gasteiger partial charge in [-0.15, -0.1) is 0 Å². The van der Waals surface area contributed by atoms with E-state index in [0.29, 0.717) is 23.2 Å². The predicted molar refractivity (Wildman–Crippen MR) is 73.2 cm³/mol. The minimum Gasteiger partial charge on any atom is -0.310 e. The van der Waals surface area contributed by atoms with E-state index in [4.69, 9.17) is 11.6 Å². The van der Waals surface area contributed by atoms with Crippen molar-refractivity contribution in [3.05, 3.63) is 34.6 Å². The van der Waals surface area contributed by atoms with Crippen LogP contribution in [0.3, 0.4) is 0 Å². The van der Waals surface area contributed by atoms with Crippen LogP contribution in [0, 0.1) is 5.82 Å². The summed E-state index contributed by atoms with van der Waals surface area (Å²) in [7, 11) is 0. The lowest BCUT2D eigenvalue weighted by molar-refractivity contribution is 0.509. The Balaban J connectivity index is 1.86. The third kappa shape index (κ3) is 3.60. The van der Waals surface area contributed by atoms with Crippen LogP contribution < -0.4 is 5.32 Å². The van der Waals surface area contributed by atoms with Crippen molar-refractivity contribution in [3.8, 4) is 0 Å². The van der Waals surface area contributed by atoms with Crippen LogP contribution in [0.25, 0.3) is 0 Å². The maximum Gasteiger partial charge on any atom is 0.129 e. The van der Waals surface area contributed by atoms with Gasteiger partial charge in [0.2, 0.25) is 0 Å². The molecule has 1 fully saturated rings. The van der Waals surface area contributed by atoms with Crippen LogP contribution in [0.2, 0.25) is 5.02 Å². The second kappa shape index (κ2) is 6.07. The van der Waals surface area contributed by atoms with Crippen molar-refractivity contribution in [2.75, 3.05) is 6.26 Å². The van der Waals surface area contributed by atoms with Gasteiger partial charge >= 0.3 is 0 Å². The molecule has 0 aliphatic heterocycles. The molecule has 1 saturated carbocycles. The highest BCUT2D eigenvalue weighted by atomic mass is 35.5. The molecule has 2 atom stereocenters. The van der Waals surface area contributed by atoms with E-state index in [1.807, 2.05) is 11.8 Å². The minimum absolute atomic E-state index is 0.218. The van der Waals surface area contributed by atoms with Gasteiger partial charge in [-0.05, 0) is 37.7 Å². The molecule has 4 heteroatoms.